The summed E-state index contributed by atoms with van der Waals surface area (Å²) in [6.07, 6.45) is 10.4. The van der Waals surface area contributed by atoms with Crippen LogP contribution in [0.15, 0.2) is 24.3 Å². The number of hydrogen-bond donors (Lipinski definition) is 1. The van der Waals surface area contributed by atoms with E-state index < -0.39 is 0 Å². The van der Waals surface area contributed by atoms with Gasteiger partial charge in [0.05, 0.1) is 5.69 Å². The van der Waals surface area contributed by atoms with Gasteiger partial charge in [0.15, 0.2) is 6.61 Å². The van der Waals surface area contributed by atoms with Gasteiger partial charge in [-0.3, -0.25) is 14.5 Å². The van der Waals surface area contributed by atoms with E-state index in [9.17, 15) is 9.59 Å². The molecule has 0 aromatic heterocycles. The molecule has 29 heavy (non-hydrogen) atoms. The van der Waals surface area contributed by atoms with Crippen LogP contribution in [0.4, 0.5) is 5.69 Å². The molecule has 0 unspecified atom stereocenters. The molecule has 4 rings (SSSR count). The van der Waals surface area contributed by atoms with Gasteiger partial charge < -0.3 is 15.0 Å². The van der Waals surface area contributed by atoms with Gasteiger partial charge in [0.2, 0.25) is 5.91 Å². The minimum atomic E-state index is -0.0893. The van der Waals surface area contributed by atoms with E-state index in [1.807, 2.05) is 24.3 Å². The molecule has 0 spiro atoms. The second kappa shape index (κ2) is 9.16. The van der Waals surface area contributed by atoms with Crippen LogP contribution in [0.25, 0.3) is 0 Å². The molecule has 0 atom stereocenters. The van der Waals surface area contributed by atoms with Gasteiger partial charge in [-0.15, -0.1) is 0 Å². The molecule has 2 heterocycles. The molecule has 1 aromatic rings. The van der Waals surface area contributed by atoms with E-state index in [4.69, 9.17) is 4.74 Å². The molecule has 3 aliphatic rings. The highest BCUT2D eigenvalue weighted by Crippen LogP contribution is 2.35. The number of rotatable bonds is 6. The minimum Gasteiger partial charge on any atom is -0.482 e. The molecule has 2 aliphatic heterocycles. The van der Waals surface area contributed by atoms with Crippen molar-refractivity contribution < 1.29 is 14.3 Å². The quantitative estimate of drug-likeness (QED) is 0.798. The SMILES string of the molecule is O=C(CCN1C(=O)COc2ccccc21)NCC1(N2CCCCC2)CCCCC1. The number of nitrogens with zero attached hydrogens (tertiary/aromatic N) is 2. The Bertz CT molecular complexity index is 724. The summed E-state index contributed by atoms with van der Waals surface area (Å²) in [4.78, 5) is 29.3. The molecule has 1 aromatic carbocycles. The van der Waals surface area contributed by atoms with Crippen molar-refractivity contribution in [2.24, 2.45) is 0 Å². The number of carbonyl (C=O) groups excluding carboxylic acids is 2. The second-order valence-electron chi connectivity index (χ2n) is 8.66. The second-order valence-corrected chi connectivity index (χ2v) is 8.66. The third-order valence-electron chi connectivity index (χ3n) is 6.80. The molecular weight excluding hydrogens is 366 g/mol. The van der Waals surface area contributed by atoms with Gasteiger partial charge in [-0.1, -0.05) is 37.8 Å². The first kappa shape index (κ1) is 20.2. The highest BCUT2D eigenvalue weighted by molar-refractivity contribution is 5.98. The van der Waals surface area contributed by atoms with Crippen LogP contribution < -0.4 is 15.0 Å². The average Bonchev–Trinajstić information content (AvgIpc) is 2.78. The zero-order chi connectivity index (χ0) is 20.1. The predicted octanol–water partition coefficient (Wildman–Crippen LogP) is 3.11. The predicted molar refractivity (Wildman–Crippen MR) is 113 cm³/mol. The number of para-hydroxylation sites is 2. The van der Waals surface area contributed by atoms with Crippen molar-refractivity contribution in [1.82, 2.24) is 10.2 Å². The van der Waals surface area contributed by atoms with Crippen LogP contribution in [0.2, 0.25) is 0 Å². The molecule has 2 amide bonds. The number of piperidine rings is 1. The van der Waals surface area contributed by atoms with E-state index in [2.05, 4.69) is 10.2 Å². The summed E-state index contributed by atoms with van der Waals surface area (Å²) < 4.78 is 5.48. The number of anilines is 1. The molecule has 1 N–H and O–H groups in total. The summed E-state index contributed by atoms with van der Waals surface area (Å²) in [5.74, 6) is 0.649. The Balaban J connectivity index is 1.34. The number of likely N-dealkylation sites (tertiary alicyclic amines) is 1. The zero-order valence-electron chi connectivity index (χ0n) is 17.3. The van der Waals surface area contributed by atoms with Crippen LogP contribution in [0, 0.1) is 0 Å². The number of amides is 2. The lowest BCUT2D eigenvalue weighted by molar-refractivity contribution is -0.122. The van der Waals surface area contributed by atoms with Gasteiger partial charge in [0.1, 0.15) is 5.75 Å². The smallest absolute Gasteiger partial charge is 0.265 e. The lowest BCUT2D eigenvalue weighted by Crippen LogP contribution is -2.58. The van der Waals surface area contributed by atoms with E-state index in [1.54, 1.807) is 4.90 Å². The number of carbonyl (C=O) groups is 2. The standard InChI is InChI=1S/C23H33N3O3/c27-21(11-16-26-19-9-3-4-10-20(19)29-17-22(26)28)24-18-23(12-5-1-6-13-23)25-14-7-2-8-15-25/h3-4,9-10H,1-2,5-8,11-18H2,(H,24,27). The van der Waals surface area contributed by atoms with Gasteiger partial charge in [0.25, 0.3) is 5.91 Å². The Kier molecular flexibility index (Phi) is 6.38. The summed E-state index contributed by atoms with van der Waals surface area (Å²) in [5.41, 5.74) is 0.893. The largest absolute Gasteiger partial charge is 0.482 e. The maximum atomic E-state index is 12.7. The third kappa shape index (κ3) is 4.58. The number of benzene rings is 1. The topological polar surface area (TPSA) is 61.9 Å². The molecule has 1 saturated heterocycles. The summed E-state index contributed by atoms with van der Waals surface area (Å²) in [6, 6.07) is 7.51. The normalized spacial score (nSPS) is 21.9. The van der Waals surface area contributed by atoms with Crippen molar-refractivity contribution in [2.75, 3.05) is 37.7 Å². The summed E-state index contributed by atoms with van der Waals surface area (Å²) >= 11 is 0. The van der Waals surface area contributed by atoms with Crippen LogP contribution in [-0.2, 0) is 9.59 Å². The number of ether oxygens (including phenoxy) is 1. The van der Waals surface area contributed by atoms with E-state index in [0.717, 1.165) is 25.3 Å². The van der Waals surface area contributed by atoms with Crippen molar-refractivity contribution >= 4 is 17.5 Å². The fourth-order valence-electron chi connectivity index (χ4n) is 5.15. The Morgan fingerprint density at radius 2 is 1.76 bits per heavy atom. The highest BCUT2D eigenvalue weighted by Gasteiger charge is 2.38. The Labute approximate surface area is 173 Å². The maximum Gasteiger partial charge on any atom is 0.265 e. The lowest BCUT2D eigenvalue weighted by Gasteiger charge is -2.48. The van der Waals surface area contributed by atoms with Gasteiger partial charge >= 0.3 is 0 Å². The van der Waals surface area contributed by atoms with Gasteiger partial charge in [-0.25, -0.2) is 0 Å². The van der Waals surface area contributed by atoms with E-state index in [-0.39, 0.29) is 24.0 Å². The Morgan fingerprint density at radius 3 is 2.55 bits per heavy atom. The molecule has 2 fully saturated rings. The van der Waals surface area contributed by atoms with Crippen molar-refractivity contribution in [3.8, 4) is 5.75 Å². The minimum absolute atomic E-state index is 0.0312. The fourth-order valence-corrected chi connectivity index (χ4v) is 5.15. The van der Waals surface area contributed by atoms with E-state index in [0.29, 0.717) is 18.7 Å². The van der Waals surface area contributed by atoms with Crippen molar-refractivity contribution in [3.63, 3.8) is 0 Å². The summed E-state index contributed by atoms with van der Waals surface area (Å²) in [6.45, 7) is 3.49. The molecule has 0 bridgehead atoms. The maximum absolute atomic E-state index is 12.7. The molecule has 6 nitrogen and oxygen atoms in total. The Morgan fingerprint density at radius 1 is 1.03 bits per heavy atom. The summed E-state index contributed by atoms with van der Waals surface area (Å²) in [7, 11) is 0. The molecule has 6 heteroatoms. The van der Waals surface area contributed by atoms with Crippen molar-refractivity contribution in [3.05, 3.63) is 24.3 Å². The van der Waals surface area contributed by atoms with Gasteiger partial charge in [-0.05, 0) is 50.9 Å². The third-order valence-corrected chi connectivity index (χ3v) is 6.80. The molecule has 0 radical (unpaired) electrons. The monoisotopic (exact) mass is 399 g/mol. The summed E-state index contributed by atoms with van der Waals surface area (Å²) in [5, 5.41) is 3.22. The Hall–Kier alpha value is -2.08. The lowest BCUT2D eigenvalue weighted by atomic mass is 9.79. The van der Waals surface area contributed by atoms with Crippen molar-refractivity contribution in [1.29, 1.82) is 0 Å². The van der Waals surface area contributed by atoms with E-state index in [1.165, 1.54) is 51.4 Å². The van der Waals surface area contributed by atoms with Crippen LogP contribution in [0.1, 0.15) is 57.8 Å². The van der Waals surface area contributed by atoms with Crippen molar-refractivity contribution in [2.45, 2.75) is 63.3 Å². The molecule has 158 valence electrons. The highest BCUT2D eigenvalue weighted by atomic mass is 16.5. The fraction of sp³-hybridized carbons (Fsp3) is 0.652. The van der Waals surface area contributed by atoms with E-state index >= 15 is 0 Å². The van der Waals surface area contributed by atoms with Crippen LogP contribution in [-0.4, -0.2) is 55.0 Å². The average molecular weight is 400 g/mol. The molecule has 1 saturated carbocycles. The van der Waals surface area contributed by atoms with Gasteiger partial charge in [0, 0.05) is 25.0 Å². The van der Waals surface area contributed by atoms with Crippen LogP contribution >= 0.6 is 0 Å². The zero-order valence-corrected chi connectivity index (χ0v) is 17.3. The molecule has 1 aliphatic carbocycles. The van der Waals surface area contributed by atoms with Crippen LogP contribution in [0.5, 0.6) is 5.75 Å². The van der Waals surface area contributed by atoms with Crippen LogP contribution in [0.3, 0.4) is 0 Å². The molecular formula is C23H33N3O3. The first-order chi connectivity index (χ1) is 14.2. The number of fused-ring (bicyclic) bond motifs is 1. The number of nitrogens with one attached hydrogen (secondary N) is 1. The first-order valence-electron chi connectivity index (χ1n) is 11.2. The first-order valence-corrected chi connectivity index (χ1v) is 11.2. The van der Waals surface area contributed by atoms with Gasteiger partial charge in [-0.2, -0.15) is 0 Å². The number of hydrogen-bond acceptors (Lipinski definition) is 4.